The van der Waals surface area contributed by atoms with Crippen LogP contribution >= 0.6 is 0 Å². The van der Waals surface area contributed by atoms with Crippen LogP contribution in [0.25, 0.3) is 0 Å². The van der Waals surface area contributed by atoms with E-state index in [0.717, 1.165) is 13.1 Å². The molecule has 0 aromatic heterocycles. The molecule has 15 heavy (non-hydrogen) atoms. The van der Waals surface area contributed by atoms with E-state index in [1.807, 2.05) is 0 Å². The van der Waals surface area contributed by atoms with E-state index >= 15 is 0 Å². The quantitative estimate of drug-likeness (QED) is 0.681. The minimum absolute atomic E-state index is 0.0198. The van der Waals surface area contributed by atoms with Crippen LogP contribution in [0.2, 0.25) is 0 Å². The third kappa shape index (κ3) is 4.62. The number of rotatable bonds is 6. The number of likely N-dealkylation sites (N-methyl/N-ethyl adjacent to an activating group) is 1. The molecule has 0 saturated carbocycles. The zero-order chi connectivity index (χ0) is 12.1. The molecule has 0 spiro atoms. The highest BCUT2D eigenvalue weighted by molar-refractivity contribution is 5.81. The molecule has 4 nitrogen and oxygen atoms in total. The summed E-state index contributed by atoms with van der Waals surface area (Å²) in [6.07, 6.45) is 0. The number of hydrogen-bond donors (Lipinski definition) is 2. The van der Waals surface area contributed by atoms with Gasteiger partial charge in [-0.3, -0.25) is 9.69 Å². The van der Waals surface area contributed by atoms with Crippen molar-refractivity contribution in [2.24, 2.45) is 5.73 Å². The first-order chi connectivity index (χ1) is 6.85. The van der Waals surface area contributed by atoms with E-state index in [1.54, 1.807) is 6.92 Å². The lowest BCUT2D eigenvalue weighted by atomic mass is 10.0. The zero-order valence-electron chi connectivity index (χ0n) is 10.6. The molecule has 4 heteroatoms. The minimum atomic E-state index is -0.433. The summed E-state index contributed by atoms with van der Waals surface area (Å²) in [5, 5.41) is 2.87. The van der Waals surface area contributed by atoms with Crippen molar-refractivity contribution in [3.63, 3.8) is 0 Å². The van der Waals surface area contributed by atoms with Crippen LogP contribution in [-0.4, -0.2) is 42.0 Å². The monoisotopic (exact) mass is 215 g/mol. The van der Waals surface area contributed by atoms with Gasteiger partial charge in [0.25, 0.3) is 0 Å². The molecule has 0 fully saturated rings. The topological polar surface area (TPSA) is 58.4 Å². The molecule has 0 bridgehead atoms. The van der Waals surface area contributed by atoms with Gasteiger partial charge in [0.05, 0.1) is 6.04 Å². The summed E-state index contributed by atoms with van der Waals surface area (Å²) in [5.41, 5.74) is 5.46. The van der Waals surface area contributed by atoms with Crippen LogP contribution in [0.5, 0.6) is 0 Å². The van der Waals surface area contributed by atoms with Crippen LogP contribution in [0.1, 0.15) is 34.6 Å². The average Bonchev–Trinajstić information content (AvgIpc) is 2.15. The number of carbonyl (C=O) groups excluding carboxylic acids is 1. The van der Waals surface area contributed by atoms with Gasteiger partial charge < -0.3 is 11.1 Å². The van der Waals surface area contributed by atoms with Gasteiger partial charge in [-0.25, -0.2) is 0 Å². The van der Waals surface area contributed by atoms with Gasteiger partial charge in [0.2, 0.25) is 5.91 Å². The van der Waals surface area contributed by atoms with Crippen molar-refractivity contribution in [1.29, 1.82) is 0 Å². The number of carbonyl (C=O) groups is 1. The third-order valence-corrected chi connectivity index (χ3v) is 2.73. The van der Waals surface area contributed by atoms with Crippen LogP contribution in [0.4, 0.5) is 0 Å². The van der Waals surface area contributed by atoms with E-state index in [0.29, 0.717) is 6.54 Å². The molecule has 0 saturated heterocycles. The largest absolute Gasteiger partial charge is 0.353 e. The van der Waals surface area contributed by atoms with Crippen molar-refractivity contribution in [2.45, 2.75) is 46.2 Å². The van der Waals surface area contributed by atoms with Crippen molar-refractivity contribution in [3.8, 4) is 0 Å². The highest BCUT2D eigenvalue weighted by Crippen LogP contribution is 2.12. The Morgan fingerprint density at radius 1 is 1.40 bits per heavy atom. The Bertz CT molecular complexity index is 198. The minimum Gasteiger partial charge on any atom is -0.353 e. The molecule has 0 aliphatic heterocycles. The van der Waals surface area contributed by atoms with E-state index in [1.165, 1.54) is 0 Å². The fraction of sp³-hybridized carbons (Fsp3) is 0.909. The summed E-state index contributed by atoms with van der Waals surface area (Å²) in [4.78, 5) is 13.6. The van der Waals surface area contributed by atoms with Gasteiger partial charge in [0.15, 0.2) is 0 Å². The molecule has 3 N–H and O–H groups in total. The van der Waals surface area contributed by atoms with Crippen molar-refractivity contribution in [2.75, 3.05) is 19.6 Å². The van der Waals surface area contributed by atoms with Crippen molar-refractivity contribution < 1.29 is 4.79 Å². The molecule has 1 amide bonds. The maximum Gasteiger partial charge on any atom is 0.236 e. The average molecular weight is 215 g/mol. The molecule has 0 radical (unpaired) electrons. The van der Waals surface area contributed by atoms with Gasteiger partial charge in [-0.15, -0.1) is 0 Å². The Labute approximate surface area is 93.2 Å². The van der Waals surface area contributed by atoms with Gasteiger partial charge in [0.1, 0.15) is 0 Å². The van der Waals surface area contributed by atoms with Gasteiger partial charge in [-0.2, -0.15) is 0 Å². The summed E-state index contributed by atoms with van der Waals surface area (Å²) >= 11 is 0. The fourth-order valence-electron chi connectivity index (χ4n) is 1.66. The molecule has 90 valence electrons. The number of nitrogens with zero attached hydrogens (tertiary/aromatic N) is 1. The molecule has 0 aliphatic rings. The zero-order valence-corrected chi connectivity index (χ0v) is 10.6. The molecule has 0 unspecified atom stereocenters. The predicted octanol–water partition coefficient (Wildman–Crippen LogP) is 0.570. The van der Waals surface area contributed by atoms with Crippen LogP contribution in [0.15, 0.2) is 0 Å². The summed E-state index contributed by atoms with van der Waals surface area (Å²) in [6.45, 7) is 12.8. The SMILES string of the molecule is CCN(CC)C(C)(C)CNC(=O)[C@H](C)N. The summed E-state index contributed by atoms with van der Waals surface area (Å²) in [6, 6.07) is -0.433. The number of nitrogens with two attached hydrogens (primary N) is 1. The first kappa shape index (κ1) is 14.4. The smallest absolute Gasteiger partial charge is 0.236 e. The van der Waals surface area contributed by atoms with Crippen LogP contribution in [0, 0.1) is 0 Å². The number of hydrogen-bond acceptors (Lipinski definition) is 3. The number of amides is 1. The first-order valence-corrected chi connectivity index (χ1v) is 5.63. The maximum atomic E-state index is 11.3. The second-order valence-electron chi connectivity index (χ2n) is 4.49. The predicted molar refractivity (Wildman–Crippen MR) is 63.7 cm³/mol. The molecule has 0 aromatic carbocycles. The van der Waals surface area contributed by atoms with Gasteiger partial charge in [-0.1, -0.05) is 13.8 Å². The Kier molecular flexibility index (Phi) is 5.83. The van der Waals surface area contributed by atoms with Crippen molar-refractivity contribution >= 4 is 5.91 Å². The number of nitrogens with one attached hydrogen (secondary N) is 1. The van der Waals surface area contributed by atoms with E-state index in [9.17, 15) is 4.79 Å². The van der Waals surface area contributed by atoms with Gasteiger partial charge in [-0.05, 0) is 33.9 Å². The Balaban J connectivity index is 4.19. The highest BCUT2D eigenvalue weighted by Gasteiger charge is 2.25. The molecule has 0 aromatic rings. The van der Waals surface area contributed by atoms with Crippen molar-refractivity contribution in [3.05, 3.63) is 0 Å². The highest BCUT2D eigenvalue weighted by atomic mass is 16.2. The molecule has 1 atom stereocenters. The van der Waals surface area contributed by atoms with Crippen molar-refractivity contribution in [1.82, 2.24) is 10.2 Å². The molecule has 0 heterocycles. The van der Waals surface area contributed by atoms with E-state index in [2.05, 4.69) is 37.9 Å². The van der Waals surface area contributed by atoms with Gasteiger partial charge in [0, 0.05) is 12.1 Å². The van der Waals surface area contributed by atoms with Crippen LogP contribution < -0.4 is 11.1 Å². The lowest BCUT2D eigenvalue weighted by Crippen LogP contribution is -2.53. The third-order valence-electron chi connectivity index (χ3n) is 2.73. The molecule has 0 rings (SSSR count). The van der Waals surface area contributed by atoms with Crippen LogP contribution in [-0.2, 0) is 4.79 Å². The summed E-state index contributed by atoms with van der Waals surface area (Å²) in [5.74, 6) is -0.0877. The van der Waals surface area contributed by atoms with E-state index < -0.39 is 6.04 Å². The summed E-state index contributed by atoms with van der Waals surface area (Å²) < 4.78 is 0. The second kappa shape index (κ2) is 6.08. The Morgan fingerprint density at radius 2 is 1.87 bits per heavy atom. The fourth-order valence-corrected chi connectivity index (χ4v) is 1.66. The Hall–Kier alpha value is -0.610. The normalized spacial score (nSPS) is 14.1. The molecular formula is C11H25N3O. The molecular weight excluding hydrogens is 190 g/mol. The second-order valence-corrected chi connectivity index (χ2v) is 4.49. The van der Waals surface area contributed by atoms with E-state index in [-0.39, 0.29) is 11.4 Å². The van der Waals surface area contributed by atoms with E-state index in [4.69, 9.17) is 5.73 Å². The standard InChI is InChI=1S/C11H25N3O/c1-6-14(7-2)11(4,5)8-13-10(15)9(3)12/h9H,6-8,12H2,1-5H3,(H,13,15)/t9-/m0/s1. The lowest BCUT2D eigenvalue weighted by Gasteiger charge is -2.37. The molecule has 0 aliphatic carbocycles. The van der Waals surface area contributed by atoms with Gasteiger partial charge >= 0.3 is 0 Å². The van der Waals surface area contributed by atoms with Crippen LogP contribution in [0.3, 0.4) is 0 Å². The lowest BCUT2D eigenvalue weighted by molar-refractivity contribution is -0.122. The summed E-state index contributed by atoms with van der Waals surface area (Å²) in [7, 11) is 0. The Morgan fingerprint density at radius 3 is 2.20 bits per heavy atom. The first-order valence-electron chi connectivity index (χ1n) is 5.63. The maximum absolute atomic E-state index is 11.3.